The van der Waals surface area contributed by atoms with Gasteiger partial charge in [0.05, 0.1) is 5.69 Å². The third-order valence-corrected chi connectivity index (χ3v) is 5.01. The molecule has 0 aromatic carbocycles. The second kappa shape index (κ2) is 6.02. The van der Waals surface area contributed by atoms with Crippen molar-refractivity contribution in [1.29, 1.82) is 0 Å². The highest BCUT2D eigenvalue weighted by atomic mass is 32.1. The molecule has 1 aromatic heterocycles. The monoisotopic (exact) mass is 267 g/mol. The van der Waals surface area contributed by atoms with Crippen molar-refractivity contribution in [2.24, 2.45) is 11.8 Å². The molecule has 0 radical (unpaired) electrons. The molecular weight excluding hydrogens is 242 g/mol. The van der Waals surface area contributed by atoms with E-state index in [2.05, 4.69) is 31.0 Å². The smallest absolute Gasteiger partial charge is 0.185 e. The van der Waals surface area contributed by atoms with Gasteiger partial charge in [-0.1, -0.05) is 27.2 Å². The molecule has 2 unspecified atom stereocenters. The Balaban J connectivity index is 2.16. The molecule has 0 amide bonds. The summed E-state index contributed by atoms with van der Waals surface area (Å²) in [6, 6.07) is 0. The standard InChI is InChI=1S/C14H25N3S/c1-5-6-12-13(7-15-4)18-14(16-12)17-8-10(2)11(3)9-17/h10-11,15H,5-9H2,1-4H3. The maximum atomic E-state index is 4.87. The molecular formula is C14H25N3S. The number of nitrogens with zero attached hydrogens (tertiary/aromatic N) is 2. The lowest BCUT2D eigenvalue weighted by atomic mass is 10.0. The maximum Gasteiger partial charge on any atom is 0.185 e. The van der Waals surface area contributed by atoms with Crippen molar-refractivity contribution in [2.75, 3.05) is 25.0 Å². The minimum absolute atomic E-state index is 0.788. The predicted octanol–water partition coefficient (Wildman–Crippen LogP) is 2.91. The molecule has 102 valence electrons. The first-order valence-corrected chi connectivity index (χ1v) is 7.85. The second-order valence-corrected chi connectivity index (χ2v) is 6.57. The molecule has 1 saturated heterocycles. The van der Waals surface area contributed by atoms with E-state index >= 15 is 0 Å². The Morgan fingerprint density at radius 2 is 2.00 bits per heavy atom. The lowest BCUT2D eigenvalue weighted by molar-refractivity contribution is 0.494. The SMILES string of the molecule is CCCc1nc(N2CC(C)C(C)C2)sc1CNC. The van der Waals surface area contributed by atoms with E-state index in [0.717, 1.165) is 24.8 Å². The summed E-state index contributed by atoms with van der Waals surface area (Å²) in [5, 5.41) is 4.49. The summed E-state index contributed by atoms with van der Waals surface area (Å²) >= 11 is 1.88. The molecule has 3 nitrogen and oxygen atoms in total. The molecule has 18 heavy (non-hydrogen) atoms. The highest BCUT2D eigenvalue weighted by Crippen LogP contribution is 2.33. The van der Waals surface area contributed by atoms with Gasteiger partial charge in [0.1, 0.15) is 0 Å². The Bertz CT molecular complexity index is 355. The number of aryl methyl sites for hydroxylation is 1. The van der Waals surface area contributed by atoms with Crippen molar-refractivity contribution in [1.82, 2.24) is 10.3 Å². The van der Waals surface area contributed by atoms with Gasteiger partial charge in [-0.25, -0.2) is 4.98 Å². The molecule has 2 heterocycles. The van der Waals surface area contributed by atoms with Gasteiger partial charge in [0.2, 0.25) is 0 Å². The topological polar surface area (TPSA) is 28.2 Å². The van der Waals surface area contributed by atoms with Gasteiger partial charge in [-0.3, -0.25) is 0 Å². The van der Waals surface area contributed by atoms with Crippen molar-refractivity contribution in [3.8, 4) is 0 Å². The van der Waals surface area contributed by atoms with Gasteiger partial charge in [0, 0.05) is 24.5 Å². The van der Waals surface area contributed by atoms with Crippen LogP contribution in [0.25, 0.3) is 0 Å². The lowest BCUT2D eigenvalue weighted by Crippen LogP contribution is -2.19. The van der Waals surface area contributed by atoms with Crippen molar-refractivity contribution >= 4 is 16.5 Å². The number of hydrogen-bond acceptors (Lipinski definition) is 4. The van der Waals surface area contributed by atoms with E-state index in [-0.39, 0.29) is 0 Å². The van der Waals surface area contributed by atoms with Gasteiger partial charge in [0.15, 0.2) is 5.13 Å². The van der Waals surface area contributed by atoms with E-state index in [0.29, 0.717) is 0 Å². The summed E-state index contributed by atoms with van der Waals surface area (Å²) in [4.78, 5) is 8.76. The van der Waals surface area contributed by atoms with E-state index in [1.54, 1.807) is 0 Å². The Kier molecular flexibility index (Phi) is 4.62. The first kappa shape index (κ1) is 13.8. The number of anilines is 1. The zero-order chi connectivity index (χ0) is 13.1. The number of rotatable bonds is 5. The molecule has 2 atom stereocenters. The molecule has 0 saturated carbocycles. The fourth-order valence-corrected chi connectivity index (χ4v) is 3.66. The van der Waals surface area contributed by atoms with Crippen LogP contribution in [0.4, 0.5) is 5.13 Å². The maximum absolute atomic E-state index is 4.87. The Morgan fingerprint density at radius 1 is 1.33 bits per heavy atom. The molecule has 1 aromatic rings. The third-order valence-electron chi connectivity index (χ3n) is 3.85. The normalized spacial score (nSPS) is 23.9. The van der Waals surface area contributed by atoms with Gasteiger partial charge in [-0.15, -0.1) is 11.3 Å². The zero-order valence-electron chi connectivity index (χ0n) is 12.0. The fourth-order valence-electron chi connectivity index (χ4n) is 2.52. The lowest BCUT2D eigenvalue weighted by Gasteiger charge is -2.13. The summed E-state index contributed by atoms with van der Waals surface area (Å²) in [5.41, 5.74) is 1.30. The van der Waals surface area contributed by atoms with Crippen molar-refractivity contribution < 1.29 is 0 Å². The van der Waals surface area contributed by atoms with Crippen LogP contribution in [0.15, 0.2) is 0 Å². The van der Waals surface area contributed by atoms with Gasteiger partial charge in [-0.2, -0.15) is 0 Å². The number of nitrogens with one attached hydrogen (secondary N) is 1. The average Bonchev–Trinajstić information content (AvgIpc) is 2.86. The highest BCUT2D eigenvalue weighted by Gasteiger charge is 2.28. The van der Waals surface area contributed by atoms with Gasteiger partial charge in [0.25, 0.3) is 0 Å². The van der Waals surface area contributed by atoms with Crippen LogP contribution in [0.1, 0.15) is 37.8 Å². The van der Waals surface area contributed by atoms with E-state index in [9.17, 15) is 0 Å². The van der Waals surface area contributed by atoms with Crippen LogP contribution >= 0.6 is 11.3 Å². The van der Waals surface area contributed by atoms with E-state index in [1.165, 1.54) is 35.2 Å². The molecule has 0 bridgehead atoms. The molecule has 1 aliphatic heterocycles. The average molecular weight is 267 g/mol. The van der Waals surface area contributed by atoms with Crippen LogP contribution in [0.5, 0.6) is 0 Å². The quantitative estimate of drug-likeness (QED) is 0.889. The Hall–Kier alpha value is -0.610. The first-order valence-electron chi connectivity index (χ1n) is 7.03. The van der Waals surface area contributed by atoms with Crippen LogP contribution in [-0.2, 0) is 13.0 Å². The molecule has 4 heteroatoms. The molecule has 1 fully saturated rings. The minimum atomic E-state index is 0.788. The fraction of sp³-hybridized carbons (Fsp3) is 0.786. The van der Waals surface area contributed by atoms with Crippen LogP contribution in [0.3, 0.4) is 0 Å². The van der Waals surface area contributed by atoms with Crippen LogP contribution in [0.2, 0.25) is 0 Å². The van der Waals surface area contributed by atoms with Crippen molar-refractivity contribution in [3.05, 3.63) is 10.6 Å². The van der Waals surface area contributed by atoms with Gasteiger partial charge < -0.3 is 10.2 Å². The summed E-state index contributed by atoms with van der Waals surface area (Å²) < 4.78 is 0. The largest absolute Gasteiger partial charge is 0.348 e. The Morgan fingerprint density at radius 3 is 2.56 bits per heavy atom. The number of hydrogen-bond donors (Lipinski definition) is 1. The zero-order valence-corrected chi connectivity index (χ0v) is 12.8. The number of aromatic nitrogens is 1. The first-order chi connectivity index (χ1) is 8.65. The molecule has 1 aliphatic rings. The molecule has 1 N–H and O–H groups in total. The van der Waals surface area contributed by atoms with Crippen LogP contribution < -0.4 is 10.2 Å². The third kappa shape index (κ3) is 2.86. The molecule has 0 spiro atoms. The van der Waals surface area contributed by atoms with Crippen molar-refractivity contribution in [3.63, 3.8) is 0 Å². The van der Waals surface area contributed by atoms with Gasteiger partial charge in [-0.05, 0) is 25.3 Å². The molecule has 0 aliphatic carbocycles. The Labute approximate surface area is 115 Å². The summed E-state index contributed by atoms with van der Waals surface area (Å²) in [5.74, 6) is 1.58. The van der Waals surface area contributed by atoms with E-state index in [4.69, 9.17) is 4.98 Å². The van der Waals surface area contributed by atoms with E-state index < -0.39 is 0 Å². The van der Waals surface area contributed by atoms with Gasteiger partial charge >= 0.3 is 0 Å². The summed E-state index contributed by atoms with van der Waals surface area (Å²) in [6.07, 6.45) is 2.28. The predicted molar refractivity (Wildman–Crippen MR) is 79.4 cm³/mol. The minimum Gasteiger partial charge on any atom is -0.348 e. The second-order valence-electron chi connectivity index (χ2n) is 5.51. The highest BCUT2D eigenvalue weighted by molar-refractivity contribution is 7.15. The van der Waals surface area contributed by atoms with E-state index in [1.807, 2.05) is 18.4 Å². The van der Waals surface area contributed by atoms with Crippen LogP contribution in [-0.4, -0.2) is 25.1 Å². The van der Waals surface area contributed by atoms with Crippen LogP contribution in [0, 0.1) is 11.8 Å². The number of thiazole rings is 1. The summed E-state index contributed by atoms with van der Waals surface area (Å²) in [6.45, 7) is 10.2. The van der Waals surface area contributed by atoms with Crippen molar-refractivity contribution in [2.45, 2.75) is 40.2 Å². The molecule has 2 rings (SSSR count). The summed E-state index contributed by atoms with van der Waals surface area (Å²) in [7, 11) is 2.01.